The summed E-state index contributed by atoms with van der Waals surface area (Å²) < 4.78 is 0. The average molecular weight is 287 g/mol. The Morgan fingerprint density at radius 3 is 2.10 bits per heavy atom. The van der Waals surface area contributed by atoms with Gasteiger partial charge in [0, 0.05) is 19.1 Å². The molecule has 0 bridgehead atoms. The van der Waals surface area contributed by atoms with Crippen LogP contribution in [0.3, 0.4) is 0 Å². The van der Waals surface area contributed by atoms with Crippen molar-refractivity contribution in [2.45, 2.75) is 46.2 Å². The number of nitrogens with zero attached hydrogens (tertiary/aromatic N) is 2. The van der Waals surface area contributed by atoms with E-state index in [4.69, 9.17) is 5.11 Å². The molecule has 0 saturated carbocycles. The van der Waals surface area contributed by atoms with Crippen LogP contribution in [0, 0.1) is 5.92 Å². The molecule has 118 valence electrons. The maximum absolute atomic E-state index is 12.2. The second-order valence-electron chi connectivity index (χ2n) is 5.87. The van der Waals surface area contributed by atoms with Crippen LogP contribution >= 0.6 is 0 Å². The summed E-state index contributed by atoms with van der Waals surface area (Å²) in [5.41, 5.74) is 0. The molecule has 0 aliphatic rings. The molecule has 0 aromatic heterocycles. The molecule has 0 aromatic rings. The van der Waals surface area contributed by atoms with Crippen molar-refractivity contribution in [1.82, 2.24) is 15.1 Å². The molecule has 0 radical (unpaired) electrons. The van der Waals surface area contributed by atoms with Crippen LogP contribution in [0.4, 0.5) is 4.79 Å². The summed E-state index contributed by atoms with van der Waals surface area (Å²) in [5, 5.41) is 11.8. The predicted molar refractivity (Wildman–Crippen MR) is 79.8 cm³/mol. The van der Waals surface area contributed by atoms with Crippen molar-refractivity contribution in [3.8, 4) is 0 Å². The van der Waals surface area contributed by atoms with E-state index in [-0.39, 0.29) is 18.0 Å². The number of carbonyl (C=O) groups is 2. The molecule has 20 heavy (non-hydrogen) atoms. The van der Waals surface area contributed by atoms with Crippen molar-refractivity contribution < 1.29 is 14.7 Å². The topological polar surface area (TPSA) is 72.9 Å². The molecule has 6 nitrogen and oxygen atoms in total. The zero-order valence-electron chi connectivity index (χ0n) is 13.5. The fraction of sp³-hybridized carbons (Fsp3) is 0.857. The lowest BCUT2D eigenvalue weighted by molar-refractivity contribution is -0.139. The fourth-order valence-corrected chi connectivity index (χ4v) is 2.21. The second-order valence-corrected chi connectivity index (χ2v) is 5.87. The van der Waals surface area contributed by atoms with Crippen LogP contribution < -0.4 is 5.32 Å². The number of carboxylic acids is 1. The summed E-state index contributed by atoms with van der Waals surface area (Å²) in [6.07, 6.45) is 0.431. The number of carboxylic acid groups (broad SMARTS) is 1. The van der Waals surface area contributed by atoms with E-state index in [1.807, 2.05) is 46.7 Å². The van der Waals surface area contributed by atoms with Gasteiger partial charge in [0.05, 0.1) is 0 Å². The van der Waals surface area contributed by atoms with E-state index >= 15 is 0 Å². The van der Waals surface area contributed by atoms with E-state index in [1.54, 1.807) is 4.90 Å². The first-order chi connectivity index (χ1) is 9.18. The van der Waals surface area contributed by atoms with Crippen molar-refractivity contribution in [2.75, 3.05) is 27.2 Å². The van der Waals surface area contributed by atoms with E-state index < -0.39 is 12.0 Å². The van der Waals surface area contributed by atoms with Gasteiger partial charge in [0.1, 0.15) is 6.04 Å². The zero-order valence-corrected chi connectivity index (χ0v) is 13.5. The number of carbonyl (C=O) groups excluding carboxylic acids is 1. The highest BCUT2D eigenvalue weighted by molar-refractivity contribution is 5.82. The van der Waals surface area contributed by atoms with Crippen molar-refractivity contribution in [2.24, 2.45) is 5.92 Å². The highest BCUT2D eigenvalue weighted by Crippen LogP contribution is 2.07. The van der Waals surface area contributed by atoms with E-state index in [9.17, 15) is 9.59 Å². The molecule has 0 heterocycles. The zero-order chi connectivity index (χ0) is 15.9. The summed E-state index contributed by atoms with van der Waals surface area (Å²) in [7, 11) is 3.89. The van der Waals surface area contributed by atoms with Gasteiger partial charge in [-0.2, -0.15) is 0 Å². The van der Waals surface area contributed by atoms with Gasteiger partial charge in [0.25, 0.3) is 0 Å². The minimum absolute atomic E-state index is 0.0310. The van der Waals surface area contributed by atoms with Gasteiger partial charge in [-0.25, -0.2) is 9.59 Å². The Balaban J connectivity index is 4.70. The van der Waals surface area contributed by atoms with E-state index in [2.05, 4.69) is 5.32 Å². The number of likely N-dealkylation sites (N-methyl/N-ethyl adjacent to an activating group) is 2. The molecular weight excluding hydrogens is 258 g/mol. The molecule has 1 unspecified atom stereocenters. The summed E-state index contributed by atoms with van der Waals surface area (Å²) >= 11 is 0. The Bertz CT molecular complexity index is 319. The van der Waals surface area contributed by atoms with Gasteiger partial charge >= 0.3 is 12.0 Å². The van der Waals surface area contributed by atoms with Crippen LogP contribution in [0.2, 0.25) is 0 Å². The van der Waals surface area contributed by atoms with Crippen LogP contribution in [0.1, 0.15) is 34.1 Å². The predicted octanol–water partition coefficient (Wildman–Crippen LogP) is 1.47. The third-order valence-corrected chi connectivity index (χ3v) is 3.07. The number of nitrogens with one attached hydrogen (secondary N) is 1. The quantitative estimate of drug-likeness (QED) is 0.709. The van der Waals surface area contributed by atoms with Crippen LogP contribution in [0.25, 0.3) is 0 Å². The van der Waals surface area contributed by atoms with Gasteiger partial charge in [-0.05, 0) is 40.3 Å². The van der Waals surface area contributed by atoms with E-state index in [0.29, 0.717) is 13.0 Å². The number of hydrogen-bond donors (Lipinski definition) is 2. The van der Waals surface area contributed by atoms with E-state index in [1.165, 1.54) is 0 Å². The Labute approximate surface area is 122 Å². The SMILES string of the molecule is CCN(C(=O)N[C@@H](CC(C)C)C(=O)O)C(C)CN(C)C. The summed E-state index contributed by atoms with van der Waals surface area (Å²) in [6, 6.07) is -1.11. The molecule has 0 aliphatic heterocycles. The van der Waals surface area contributed by atoms with Gasteiger partial charge < -0.3 is 20.2 Å². The van der Waals surface area contributed by atoms with Crippen LogP contribution in [-0.4, -0.2) is 66.2 Å². The third kappa shape index (κ3) is 6.75. The van der Waals surface area contributed by atoms with Gasteiger partial charge in [-0.15, -0.1) is 0 Å². The normalized spacial score (nSPS) is 14.2. The minimum Gasteiger partial charge on any atom is -0.480 e. The summed E-state index contributed by atoms with van der Waals surface area (Å²) in [4.78, 5) is 27.1. The highest BCUT2D eigenvalue weighted by atomic mass is 16.4. The molecule has 6 heteroatoms. The molecule has 0 rings (SSSR count). The Morgan fingerprint density at radius 1 is 1.20 bits per heavy atom. The first-order valence-electron chi connectivity index (χ1n) is 7.13. The number of amides is 2. The van der Waals surface area contributed by atoms with Gasteiger partial charge in [0.15, 0.2) is 0 Å². The van der Waals surface area contributed by atoms with Crippen molar-refractivity contribution in [1.29, 1.82) is 0 Å². The summed E-state index contributed by atoms with van der Waals surface area (Å²) in [5.74, 6) is -0.769. The maximum atomic E-state index is 12.2. The Hall–Kier alpha value is -1.30. The fourth-order valence-electron chi connectivity index (χ4n) is 2.21. The standard InChI is InChI=1S/C14H29N3O3/c1-7-17(11(4)9-16(5)6)14(20)15-12(13(18)19)8-10(2)3/h10-12H,7-9H2,1-6H3,(H,15,20)(H,18,19)/t11?,12-/m0/s1. The van der Waals surface area contributed by atoms with Gasteiger partial charge in [0.2, 0.25) is 0 Å². The van der Waals surface area contributed by atoms with Crippen LogP contribution in [0.5, 0.6) is 0 Å². The number of hydrogen-bond acceptors (Lipinski definition) is 3. The molecule has 0 fully saturated rings. The van der Waals surface area contributed by atoms with Crippen molar-refractivity contribution in [3.05, 3.63) is 0 Å². The lowest BCUT2D eigenvalue weighted by Crippen LogP contribution is -2.52. The van der Waals surface area contributed by atoms with E-state index in [0.717, 1.165) is 6.54 Å². The van der Waals surface area contributed by atoms with Crippen LogP contribution in [0.15, 0.2) is 0 Å². The highest BCUT2D eigenvalue weighted by Gasteiger charge is 2.25. The largest absolute Gasteiger partial charge is 0.480 e. The molecule has 0 aromatic carbocycles. The molecule has 0 saturated heterocycles. The third-order valence-electron chi connectivity index (χ3n) is 3.07. The lowest BCUT2D eigenvalue weighted by atomic mass is 10.0. The van der Waals surface area contributed by atoms with Gasteiger partial charge in [-0.3, -0.25) is 0 Å². The smallest absolute Gasteiger partial charge is 0.326 e. The number of urea groups is 1. The molecule has 2 amide bonds. The Morgan fingerprint density at radius 2 is 1.75 bits per heavy atom. The molecule has 0 aliphatic carbocycles. The maximum Gasteiger partial charge on any atom is 0.326 e. The Kier molecular flexibility index (Phi) is 8.22. The molecule has 2 atom stereocenters. The van der Waals surface area contributed by atoms with Crippen LogP contribution in [-0.2, 0) is 4.79 Å². The first-order valence-corrected chi connectivity index (χ1v) is 7.13. The molecular formula is C14H29N3O3. The number of rotatable bonds is 8. The van der Waals surface area contributed by atoms with Gasteiger partial charge in [-0.1, -0.05) is 13.8 Å². The minimum atomic E-state index is -0.983. The lowest BCUT2D eigenvalue weighted by Gasteiger charge is -2.31. The number of aliphatic carboxylic acids is 1. The summed E-state index contributed by atoms with van der Waals surface area (Å²) in [6.45, 7) is 9.02. The molecule has 2 N–H and O–H groups in total. The monoisotopic (exact) mass is 287 g/mol. The first kappa shape index (κ1) is 18.7. The van der Waals surface area contributed by atoms with Crippen molar-refractivity contribution >= 4 is 12.0 Å². The van der Waals surface area contributed by atoms with Crippen molar-refractivity contribution in [3.63, 3.8) is 0 Å². The average Bonchev–Trinajstić information content (AvgIpc) is 2.26. The second kappa shape index (κ2) is 8.79. The molecule has 0 spiro atoms.